The summed E-state index contributed by atoms with van der Waals surface area (Å²) in [5.41, 5.74) is 0.585. The average molecular weight is 264 g/mol. The summed E-state index contributed by atoms with van der Waals surface area (Å²) in [5.74, 6) is -0.511. The zero-order valence-electron chi connectivity index (χ0n) is 11.4. The van der Waals surface area contributed by atoms with E-state index < -0.39 is 11.5 Å². The lowest BCUT2D eigenvalue weighted by Gasteiger charge is -2.29. The van der Waals surface area contributed by atoms with Gasteiger partial charge in [0.15, 0.2) is 0 Å². The molecule has 0 bridgehead atoms. The first-order valence-electron chi connectivity index (χ1n) is 6.73. The smallest absolute Gasteiger partial charge is 0.329 e. The van der Waals surface area contributed by atoms with Crippen molar-refractivity contribution in [3.63, 3.8) is 0 Å². The minimum Gasteiger partial charge on any atom is -0.480 e. The minimum absolute atomic E-state index is 0.312. The maximum atomic E-state index is 11.6. The molecule has 0 aromatic carbocycles. The summed E-state index contributed by atoms with van der Waals surface area (Å²) < 4.78 is 0. The largest absolute Gasteiger partial charge is 0.480 e. The summed E-state index contributed by atoms with van der Waals surface area (Å²) in [7, 11) is 0. The first-order valence-corrected chi connectivity index (χ1v) is 6.73. The number of nitrogens with one attached hydrogen (secondary N) is 1. The molecule has 1 fully saturated rings. The van der Waals surface area contributed by atoms with Gasteiger partial charge in [0.25, 0.3) is 0 Å². The first-order chi connectivity index (χ1) is 9.03. The molecule has 0 atom stereocenters. The lowest BCUT2D eigenvalue weighted by Crippen LogP contribution is -2.46. The standard InChI is InChI=1S/C13H20N4O2/c1-9-10(2)16-17-12(14-9)15-13(11(18)19)7-5-3-4-6-8-13/h3-8H2,1-2H3,(H,18,19)(H,14,15,17). The second kappa shape index (κ2) is 5.50. The molecule has 19 heavy (non-hydrogen) atoms. The number of rotatable bonds is 3. The number of carboxylic acids is 1. The highest BCUT2D eigenvalue weighted by atomic mass is 16.4. The molecule has 1 saturated carbocycles. The summed E-state index contributed by atoms with van der Waals surface area (Å²) >= 11 is 0. The predicted molar refractivity (Wildman–Crippen MR) is 71.0 cm³/mol. The number of aromatic nitrogens is 3. The maximum Gasteiger partial charge on any atom is 0.329 e. The van der Waals surface area contributed by atoms with Gasteiger partial charge in [0, 0.05) is 0 Å². The highest BCUT2D eigenvalue weighted by Crippen LogP contribution is 2.30. The van der Waals surface area contributed by atoms with E-state index in [0.29, 0.717) is 18.8 Å². The van der Waals surface area contributed by atoms with Crippen molar-refractivity contribution in [2.24, 2.45) is 0 Å². The molecule has 104 valence electrons. The summed E-state index contributed by atoms with van der Waals surface area (Å²) in [6, 6.07) is 0. The summed E-state index contributed by atoms with van der Waals surface area (Å²) in [5, 5.41) is 20.5. The van der Waals surface area contributed by atoms with E-state index >= 15 is 0 Å². The topological polar surface area (TPSA) is 88.0 Å². The molecule has 0 radical (unpaired) electrons. The number of carboxylic acid groups (broad SMARTS) is 1. The van der Waals surface area contributed by atoms with Crippen molar-refractivity contribution < 1.29 is 9.90 Å². The van der Waals surface area contributed by atoms with E-state index in [1.165, 1.54) is 0 Å². The van der Waals surface area contributed by atoms with Gasteiger partial charge in [-0.15, -0.1) is 5.10 Å². The van der Waals surface area contributed by atoms with Crippen molar-refractivity contribution in [2.75, 3.05) is 5.32 Å². The van der Waals surface area contributed by atoms with E-state index in [1.54, 1.807) is 0 Å². The second-order valence-corrected chi connectivity index (χ2v) is 5.23. The molecule has 0 aliphatic heterocycles. The normalized spacial score (nSPS) is 18.6. The molecule has 0 amide bonds. The Hall–Kier alpha value is -1.72. The molecule has 2 rings (SSSR count). The molecule has 6 heteroatoms. The lowest BCUT2D eigenvalue weighted by molar-refractivity contribution is -0.142. The number of hydrogen-bond acceptors (Lipinski definition) is 5. The van der Waals surface area contributed by atoms with Gasteiger partial charge in [-0.1, -0.05) is 25.7 Å². The van der Waals surface area contributed by atoms with Gasteiger partial charge >= 0.3 is 5.97 Å². The number of hydrogen-bond donors (Lipinski definition) is 2. The van der Waals surface area contributed by atoms with Gasteiger partial charge < -0.3 is 10.4 Å². The van der Waals surface area contributed by atoms with Crippen LogP contribution in [0.2, 0.25) is 0 Å². The van der Waals surface area contributed by atoms with Crippen LogP contribution in [0.15, 0.2) is 0 Å². The van der Waals surface area contributed by atoms with E-state index in [4.69, 9.17) is 0 Å². The van der Waals surface area contributed by atoms with Crippen LogP contribution in [0.25, 0.3) is 0 Å². The van der Waals surface area contributed by atoms with Gasteiger partial charge in [-0.3, -0.25) is 0 Å². The summed E-state index contributed by atoms with van der Waals surface area (Å²) in [6.45, 7) is 3.67. The third-order valence-corrected chi connectivity index (χ3v) is 3.81. The van der Waals surface area contributed by atoms with E-state index in [9.17, 15) is 9.90 Å². The highest BCUT2D eigenvalue weighted by molar-refractivity contribution is 5.82. The fraction of sp³-hybridized carbons (Fsp3) is 0.692. The summed E-state index contributed by atoms with van der Waals surface area (Å²) in [4.78, 5) is 15.9. The van der Waals surface area contributed by atoms with Crippen LogP contribution in [-0.4, -0.2) is 31.8 Å². The monoisotopic (exact) mass is 264 g/mol. The Morgan fingerprint density at radius 2 is 1.74 bits per heavy atom. The van der Waals surface area contributed by atoms with E-state index in [1.807, 2.05) is 13.8 Å². The van der Waals surface area contributed by atoms with Crippen molar-refractivity contribution in [2.45, 2.75) is 57.9 Å². The van der Waals surface area contributed by atoms with Crippen LogP contribution in [0, 0.1) is 13.8 Å². The third kappa shape index (κ3) is 3.00. The van der Waals surface area contributed by atoms with Crippen molar-refractivity contribution in [3.8, 4) is 0 Å². The third-order valence-electron chi connectivity index (χ3n) is 3.81. The molecule has 0 unspecified atom stereocenters. The Balaban J connectivity index is 2.24. The van der Waals surface area contributed by atoms with Crippen LogP contribution in [0.1, 0.15) is 49.9 Å². The zero-order valence-corrected chi connectivity index (χ0v) is 11.4. The first kappa shape index (κ1) is 13.7. The van der Waals surface area contributed by atoms with Crippen LogP contribution < -0.4 is 5.32 Å². The Labute approximate surface area is 112 Å². The molecule has 0 saturated heterocycles. The van der Waals surface area contributed by atoms with Gasteiger partial charge in [0.1, 0.15) is 5.54 Å². The fourth-order valence-electron chi connectivity index (χ4n) is 2.45. The van der Waals surface area contributed by atoms with Gasteiger partial charge in [-0.05, 0) is 26.7 Å². The number of nitrogens with zero attached hydrogens (tertiary/aromatic N) is 3. The number of aliphatic carboxylic acids is 1. The summed E-state index contributed by atoms with van der Waals surface area (Å²) in [6.07, 6.45) is 5.22. The average Bonchev–Trinajstić information content (AvgIpc) is 2.60. The fourth-order valence-corrected chi connectivity index (χ4v) is 2.45. The molecule has 1 aliphatic rings. The molecule has 1 aromatic rings. The zero-order chi connectivity index (χ0) is 13.9. The number of aryl methyl sites for hydroxylation is 2. The van der Waals surface area contributed by atoms with Crippen LogP contribution in [0.3, 0.4) is 0 Å². The van der Waals surface area contributed by atoms with Gasteiger partial charge in [-0.25, -0.2) is 9.78 Å². The molecule has 6 nitrogen and oxygen atoms in total. The van der Waals surface area contributed by atoms with Crippen molar-refractivity contribution >= 4 is 11.9 Å². The molecular weight excluding hydrogens is 244 g/mol. The molecule has 1 aliphatic carbocycles. The minimum atomic E-state index is -0.945. The van der Waals surface area contributed by atoms with E-state index in [-0.39, 0.29) is 0 Å². The van der Waals surface area contributed by atoms with Crippen LogP contribution in [-0.2, 0) is 4.79 Å². The SMILES string of the molecule is Cc1nnc(NC2(C(=O)O)CCCCCC2)nc1C. The van der Waals surface area contributed by atoms with E-state index in [2.05, 4.69) is 20.5 Å². The predicted octanol–water partition coefficient (Wildman–Crippen LogP) is 2.08. The number of carbonyl (C=O) groups is 1. The molecule has 1 heterocycles. The van der Waals surface area contributed by atoms with Crippen molar-refractivity contribution in [1.29, 1.82) is 0 Å². The Morgan fingerprint density at radius 3 is 2.26 bits per heavy atom. The van der Waals surface area contributed by atoms with E-state index in [0.717, 1.165) is 37.1 Å². The Bertz CT molecular complexity index is 468. The maximum absolute atomic E-state index is 11.6. The van der Waals surface area contributed by atoms with Crippen molar-refractivity contribution in [1.82, 2.24) is 15.2 Å². The Morgan fingerprint density at radius 1 is 1.11 bits per heavy atom. The highest BCUT2D eigenvalue weighted by Gasteiger charge is 2.39. The van der Waals surface area contributed by atoms with Crippen LogP contribution in [0.4, 0.5) is 5.95 Å². The van der Waals surface area contributed by atoms with Gasteiger partial charge in [0.05, 0.1) is 11.4 Å². The van der Waals surface area contributed by atoms with Crippen LogP contribution in [0.5, 0.6) is 0 Å². The van der Waals surface area contributed by atoms with Crippen LogP contribution >= 0.6 is 0 Å². The van der Waals surface area contributed by atoms with Crippen molar-refractivity contribution in [3.05, 3.63) is 11.4 Å². The Kier molecular flexibility index (Phi) is 3.97. The lowest BCUT2D eigenvalue weighted by atomic mass is 9.90. The molecule has 0 spiro atoms. The molecule has 2 N–H and O–H groups in total. The molecular formula is C13H20N4O2. The second-order valence-electron chi connectivity index (χ2n) is 5.23. The number of anilines is 1. The van der Waals surface area contributed by atoms with Gasteiger partial charge in [0.2, 0.25) is 5.95 Å². The quantitative estimate of drug-likeness (QED) is 0.813. The van der Waals surface area contributed by atoms with Gasteiger partial charge in [-0.2, -0.15) is 5.10 Å². The molecule has 1 aromatic heterocycles.